The van der Waals surface area contributed by atoms with Gasteiger partial charge in [0.05, 0.1) is 0 Å². The molecule has 2 amide bonds. The first-order valence-electron chi connectivity index (χ1n) is 9.87. The lowest BCUT2D eigenvalue weighted by atomic mass is 9.87. The fourth-order valence-corrected chi connectivity index (χ4v) is 4.28. The number of carbonyl (C=O) groups excluding carboxylic acids is 2. The highest BCUT2D eigenvalue weighted by Gasteiger charge is 2.41. The van der Waals surface area contributed by atoms with Crippen molar-refractivity contribution in [2.75, 3.05) is 0 Å². The number of hydrogen-bond acceptors (Lipinski definition) is 2. The van der Waals surface area contributed by atoms with Crippen molar-refractivity contribution >= 4 is 11.8 Å². The lowest BCUT2D eigenvalue weighted by Gasteiger charge is -2.30. The Hall–Kier alpha value is -2.62. The van der Waals surface area contributed by atoms with Crippen molar-refractivity contribution in [2.24, 2.45) is 5.92 Å². The summed E-state index contributed by atoms with van der Waals surface area (Å²) in [5.74, 6) is 0.622. The topological polar surface area (TPSA) is 49.4 Å². The molecule has 0 bridgehead atoms. The zero-order chi connectivity index (χ0) is 18.8. The van der Waals surface area contributed by atoms with Crippen molar-refractivity contribution in [1.82, 2.24) is 10.2 Å². The average molecular weight is 362 g/mol. The van der Waals surface area contributed by atoms with Crippen molar-refractivity contribution < 1.29 is 9.59 Å². The quantitative estimate of drug-likeness (QED) is 0.891. The van der Waals surface area contributed by atoms with E-state index in [-0.39, 0.29) is 17.9 Å². The van der Waals surface area contributed by atoms with Gasteiger partial charge in [0.1, 0.15) is 6.04 Å². The monoisotopic (exact) mass is 362 g/mol. The Morgan fingerprint density at radius 2 is 1.67 bits per heavy atom. The number of nitrogens with one attached hydrogen (secondary N) is 1. The molecule has 0 unspecified atom stereocenters. The summed E-state index contributed by atoms with van der Waals surface area (Å²) >= 11 is 0. The first-order chi connectivity index (χ1) is 13.1. The Morgan fingerprint density at radius 3 is 2.41 bits per heavy atom. The van der Waals surface area contributed by atoms with Gasteiger partial charge in [0, 0.05) is 18.2 Å². The highest BCUT2D eigenvalue weighted by atomic mass is 16.2. The smallest absolute Gasteiger partial charge is 0.255 e. The molecule has 1 aliphatic heterocycles. The molecular formula is C23H26N2O2. The van der Waals surface area contributed by atoms with E-state index in [1.165, 1.54) is 0 Å². The van der Waals surface area contributed by atoms with E-state index in [2.05, 4.69) is 12.2 Å². The molecule has 1 N–H and O–H groups in total. The number of rotatable bonds is 4. The van der Waals surface area contributed by atoms with Crippen molar-refractivity contribution in [3.05, 3.63) is 71.3 Å². The summed E-state index contributed by atoms with van der Waals surface area (Å²) in [7, 11) is 0. The third-order valence-electron chi connectivity index (χ3n) is 5.86. The molecule has 0 radical (unpaired) electrons. The summed E-state index contributed by atoms with van der Waals surface area (Å²) in [6, 6.07) is 17.0. The largest absolute Gasteiger partial charge is 0.351 e. The van der Waals surface area contributed by atoms with Crippen LogP contribution in [0.15, 0.2) is 54.6 Å². The van der Waals surface area contributed by atoms with Crippen molar-refractivity contribution in [1.29, 1.82) is 0 Å². The Bertz CT molecular complexity index is 825. The van der Waals surface area contributed by atoms with E-state index >= 15 is 0 Å². The van der Waals surface area contributed by atoms with Gasteiger partial charge in [-0.25, -0.2) is 0 Å². The van der Waals surface area contributed by atoms with Gasteiger partial charge >= 0.3 is 0 Å². The molecule has 2 aromatic carbocycles. The highest BCUT2D eigenvalue weighted by molar-refractivity contribution is 6.04. The summed E-state index contributed by atoms with van der Waals surface area (Å²) in [5.41, 5.74) is 2.49. The van der Waals surface area contributed by atoms with Crippen molar-refractivity contribution in [2.45, 2.75) is 51.2 Å². The zero-order valence-electron chi connectivity index (χ0n) is 15.7. The molecule has 0 saturated heterocycles. The molecule has 1 heterocycles. The Kier molecular flexibility index (Phi) is 4.97. The Morgan fingerprint density at radius 1 is 1.00 bits per heavy atom. The number of carbonyl (C=O) groups is 2. The fourth-order valence-electron chi connectivity index (χ4n) is 4.28. The molecule has 1 saturated carbocycles. The van der Waals surface area contributed by atoms with E-state index < -0.39 is 6.04 Å². The van der Waals surface area contributed by atoms with E-state index in [0.717, 1.165) is 42.7 Å². The summed E-state index contributed by atoms with van der Waals surface area (Å²) in [6.45, 7) is 2.71. The average Bonchev–Trinajstić information content (AvgIpc) is 2.97. The van der Waals surface area contributed by atoms with Crippen LogP contribution in [0.3, 0.4) is 0 Å². The van der Waals surface area contributed by atoms with Gasteiger partial charge in [-0.05, 0) is 48.8 Å². The third-order valence-corrected chi connectivity index (χ3v) is 5.86. The summed E-state index contributed by atoms with van der Waals surface area (Å²) in [6.07, 6.45) is 4.35. The number of benzene rings is 2. The molecule has 1 atom stereocenters. The fraction of sp³-hybridized carbons (Fsp3) is 0.391. The number of fused-ring (bicyclic) bond motifs is 1. The normalized spacial score (nSPS) is 24.6. The van der Waals surface area contributed by atoms with E-state index in [1.54, 1.807) is 4.90 Å². The minimum Gasteiger partial charge on any atom is -0.351 e. The maximum absolute atomic E-state index is 13.2. The van der Waals surface area contributed by atoms with Gasteiger partial charge in [0.15, 0.2) is 0 Å². The van der Waals surface area contributed by atoms with Crippen LogP contribution in [-0.2, 0) is 11.3 Å². The SMILES string of the molecule is CC1CCC(NC(=O)[C@@H]2c3ccccc3C(=O)N2Cc2ccccc2)CC1. The van der Waals surface area contributed by atoms with Gasteiger partial charge < -0.3 is 10.2 Å². The lowest BCUT2D eigenvalue weighted by Crippen LogP contribution is -2.44. The highest BCUT2D eigenvalue weighted by Crippen LogP contribution is 2.35. The van der Waals surface area contributed by atoms with Crippen LogP contribution in [0, 0.1) is 5.92 Å². The van der Waals surface area contributed by atoms with Crippen LogP contribution in [0.5, 0.6) is 0 Å². The lowest BCUT2D eigenvalue weighted by molar-refractivity contribution is -0.126. The Balaban J connectivity index is 1.58. The van der Waals surface area contributed by atoms with Crippen LogP contribution in [0.2, 0.25) is 0 Å². The number of nitrogens with zero attached hydrogens (tertiary/aromatic N) is 1. The van der Waals surface area contributed by atoms with E-state index in [9.17, 15) is 9.59 Å². The molecule has 140 valence electrons. The van der Waals surface area contributed by atoms with Crippen LogP contribution in [-0.4, -0.2) is 22.8 Å². The summed E-state index contributed by atoms with van der Waals surface area (Å²) < 4.78 is 0. The van der Waals surface area contributed by atoms with Crippen LogP contribution >= 0.6 is 0 Å². The van der Waals surface area contributed by atoms with Gasteiger partial charge in [-0.3, -0.25) is 9.59 Å². The van der Waals surface area contributed by atoms with Gasteiger partial charge in [-0.2, -0.15) is 0 Å². The standard InChI is InChI=1S/C23H26N2O2/c1-16-11-13-18(14-12-16)24-22(26)21-19-9-5-6-10-20(19)23(27)25(21)15-17-7-3-2-4-8-17/h2-10,16,18,21H,11-15H2,1H3,(H,24,26)/t16?,18?,21-/m0/s1. The maximum atomic E-state index is 13.2. The molecule has 1 aliphatic carbocycles. The van der Waals surface area contributed by atoms with Gasteiger partial charge in [-0.15, -0.1) is 0 Å². The second-order valence-corrected chi connectivity index (χ2v) is 7.87. The maximum Gasteiger partial charge on any atom is 0.255 e. The Labute approximate surface area is 160 Å². The van der Waals surface area contributed by atoms with Crippen LogP contribution in [0.1, 0.15) is 60.1 Å². The minimum absolute atomic E-state index is 0.0521. The van der Waals surface area contributed by atoms with Gasteiger partial charge in [-0.1, -0.05) is 55.5 Å². The first-order valence-corrected chi connectivity index (χ1v) is 9.87. The molecule has 1 fully saturated rings. The third kappa shape index (κ3) is 3.61. The molecule has 4 nitrogen and oxygen atoms in total. The van der Waals surface area contributed by atoms with Crippen LogP contribution in [0.25, 0.3) is 0 Å². The molecule has 2 aromatic rings. The molecular weight excluding hydrogens is 336 g/mol. The molecule has 0 spiro atoms. The summed E-state index contributed by atoms with van der Waals surface area (Å²) in [5, 5.41) is 3.23. The van der Waals surface area contributed by atoms with Crippen LogP contribution < -0.4 is 5.32 Å². The molecule has 27 heavy (non-hydrogen) atoms. The number of amides is 2. The van der Waals surface area contributed by atoms with E-state index in [0.29, 0.717) is 12.1 Å². The van der Waals surface area contributed by atoms with Gasteiger partial charge in [0.2, 0.25) is 5.91 Å². The van der Waals surface area contributed by atoms with E-state index in [4.69, 9.17) is 0 Å². The second-order valence-electron chi connectivity index (χ2n) is 7.87. The predicted octanol–water partition coefficient (Wildman–Crippen LogP) is 4.08. The number of hydrogen-bond donors (Lipinski definition) is 1. The predicted molar refractivity (Wildman–Crippen MR) is 105 cm³/mol. The van der Waals surface area contributed by atoms with Crippen LogP contribution in [0.4, 0.5) is 0 Å². The van der Waals surface area contributed by atoms with Crippen molar-refractivity contribution in [3.8, 4) is 0 Å². The van der Waals surface area contributed by atoms with Crippen molar-refractivity contribution in [3.63, 3.8) is 0 Å². The van der Waals surface area contributed by atoms with Gasteiger partial charge in [0.25, 0.3) is 5.91 Å². The minimum atomic E-state index is -0.548. The summed E-state index contributed by atoms with van der Waals surface area (Å²) in [4.78, 5) is 27.9. The molecule has 0 aromatic heterocycles. The second kappa shape index (κ2) is 7.55. The molecule has 2 aliphatic rings. The molecule has 4 heteroatoms. The molecule has 4 rings (SSSR count). The zero-order valence-corrected chi connectivity index (χ0v) is 15.7. The first kappa shape index (κ1) is 17.8. The van der Waals surface area contributed by atoms with E-state index in [1.807, 2.05) is 54.6 Å².